The minimum atomic E-state index is -0.434. The lowest BCUT2D eigenvalue weighted by molar-refractivity contribution is -0.134. The van der Waals surface area contributed by atoms with Crippen LogP contribution < -0.4 is 5.73 Å². The largest absolute Gasteiger partial charge is 0.339 e. The summed E-state index contributed by atoms with van der Waals surface area (Å²) in [5.41, 5.74) is 5.88. The molecule has 2 amide bonds. The highest BCUT2D eigenvalue weighted by Gasteiger charge is 2.33. The van der Waals surface area contributed by atoms with Crippen LogP contribution in [0.3, 0.4) is 0 Å². The third-order valence-corrected chi connectivity index (χ3v) is 3.66. The quantitative estimate of drug-likeness (QED) is 0.792. The minimum Gasteiger partial charge on any atom is -0.339 e. The zero-order valence-corrected chi connectivity index (χ0v) is 11.8. The average Bonchev–Trinajstić information content (AvgIpc) is 2.76. The summed E-state index contributed by atoms with van der Waals surface area (Å²) in [6, 6.07) is -0.285. The van der Waals surface area contributed by atoms with Crippen molar-refractivity contribution in [2.45, 2.75) is 46.2 Å². The Balaban J connectivity index is 2.60. The standard InChI is InChI=1S/C13H25N3O2/c1-5-16(10(4)17)11-6-7-15(8-11)13(18)12(14)9(2)3/h9,11-12H,5-8,14H2,1-4H3/t11-,12+/m1/s1. The fourth-order valence-corrected chi connectivity index (χ4v) is 2.43. The van der Waals surface area contributed by atoms with Crippen molar-refractivity contribution in [3.05, 3.63) is 0 Å². The number of nitrogens with zero attached hydrogens (tertiary/aromatic N) is 2. The second kappa shape index (κ2) is 6.18. The highest BCUT2D eigenvalue weighted by atomic mass is 16.2. The molecule has 1 aliphatic rings. The fourth-order valence-electron chi connectivity index (χ4n) is 2.43. The minimum absolute atomic E-state index is 0.00658. The lowest BCUT2D eigenvalue weighted by Crippen LogP contribution is -2.47. The molecule has 0 saturated carbocycles. The molecule has 1 heterocycles. The maximum atomic E-state index is 12.1. The van der Waals surface area contributed by atoms with Gasteiger partial charge < -0.3 is 15.5 Å². The van der Waals surface area contributed by atoms with E-state index in [1.165, 1.54) is 0 Å². The number of hydrogen-bond donors (Lipinski definition) is 1. The molecule has 0 spiro atoms. The summed E-state index contributed by atoms with van der Waals surface area (Å²) in [5.74, 6) is 0.226. The van der Waals surface area contributed by atoms with E-state index in [9.17, 15) is 9.59 Å². The van der Waals surface area contributed by atoms with Gasteiger partial charge in [0.15, 0.2) is 0 Å². The Morgan fingerprint density at radius 1 is 1.44 bits per heavy atom. The number of carbonyl (C=O) groups is 2. The Morgan fingerprint density at radius 3 is 2.50 bits per heavy atom. The van der Waals surface area contributed by atoms with Gasteiger partial charge in [-0.2, -0.15) is 0 Å². The number of likely N-dealkylation sites (tertiary alicyclic amines) is 1. The van der Waals surface area contributed by atoms with E-state index in [1.807, 2.05) is 25.7 Å². The Labute approximate surface area is 109 Å². The van der Waals surface area contributed by atoms with Gasteiger partial charge in [0.05, 0.1) is 12.1 Å². The maximum absolute atomic E-state index is 12.1. The van der Waals surface area contributed by atoms with Crippen LogP contribution >= 0.6 is 0 Å². The van der Waals surface area contributed by atoms with Gasteiger partial charge in [0.1, 0.15) is 0 Å². The second-order valence-electron chi connectivity index (χ2n) is 5.30. The van der Waals surface area contributed by atoms with Gasteiger partial charge in [-0.05, 0) is 19.3 Å². The van der Waals surface area contributed by atoms with E-state index >= 15 is 0 Å². The van der Waals surface area contributed by atoms with Gasteiger partial charge in [-0.25, -0.2) is 0 Å². The van der Waals surface area contributed by atoms with Crippen LogP contribution in [-0.2, 0) is 9.59 Å². The molecule has 0 radical (unpaired) electrons. The SMILES string of the molecule is CCN(C(C)=O)[C@@H]1CCN(C(=O)[C@@H](N)C(C)C)C1. The van der Waals surface area contributed by atoms with E-state index in [2.05, 4.69) is 0 Å². The third-order valence-electron chi connectivity index (χ3n) is 3.66. The Morgan fingerprint density at radius 2 is 2.06 bits per heavy atom. The molecule has 0 aromatic heterocycles. The number of carbonyl (C=O) groups excluding carboxylic acids is 2. The monoisotopic (exact) mass is 255 g/mol. The molecule has 104 valence electrons. The molecule has 0 unspecified atom stereocenters. The lowest BCUT2D eigenvalue weighted by Gasteiger charge is -2.27. The first-order valence-electron chi connectivity index (χ1n) is 6.70. The van der Waals surface area contributed by atoms with Crippen molar-refractivity contribution in [2.75, 3.05) is 19.6 Å². The zero-order chi connectivity index (χ0) is 13.9. The van der Waals surface area contributed by atoms with Crippen LogP contribution in [0.25, 0.3) is 0 Å². The Hall–Kier alpha value is -1.10. The molecule has 0 aliphatic carbocycles. The van der Waals surface area contributed by atoms with Crippen LogP contribution in [0.2, 0.25) is 0 Å². The predicted octanol–water partition coefficient (Wildman–Crippen LogP) is 0.439. The summed E-state index contributed by atoms with van der Waals surface area (Å²) in [6.45, 7) is 9.45. The van der Waals surface area contributed by atoms with Gasteiger partial charge in [-0.15, -0.1) is 0 Å². The van der Waals surface area contributed by atoms with E-state index in [-0.39, 0.29) is 23.8 Å². The summed E-state index contributed by atoms with van der Waals surface area (Å²) in [5, 5.41) is 0. The molecule has 1 rings (SSSR count). The molecule has 18 heavy (non-hydrogen) atoms. The first-order chi connectivity index (χ1) is 8.38. The lowest BCUT2D eigenvalue weighted by atomic mass is 10.0. The van der Waals surface area contributed by atoms with Crippen LogP contribution in [0.4, 0.5) is 0 Å². The third kappa shape index (κ3) is 3.22. The van der Waals surface area contributed by atoms with Crippen molar-refractivity contribution in [3.8, 4) is 0 Å². The van der Waals surface area contributed by atoms with E-state index in [1.54, 1.807) is 11.8 Å². The molecule has 1 saturated heterocycles. The van der Waals surface area contributed by atoms with E-state index < -0.39 is 6.04 Å². The van der Waals surface area contributed by atoms with Gasteiger partial charge in [-0.3, -0.25) is 9.59 Å². The summed E-state index contributed by atoms with van der Waals surface area (Å²) in [4.78, 5) is 27.2. The topological polar surface area (TPSA) is 66.6 Å². The van der Waals surface area contributed by atoms with Gasteiger partial charge >= 0.3 is 0 Å². The normalized spacial score (nSPS) is 21.2. The van der Waals surface area contributed by atoms with E-state index in [0.717, 1.165) is 6.42 Å². The van der Waals surface area contributed by atoms with Crippen molar-refractivity contribution >= 4 is 11.8 Å². The first kappa shape index (κ1) is 15.0. The first-order valence-corrected chi connectivity index (χ1v) is 6.70. The molecular weight excluding hydrogens is 230 g/mol. The smallest absolute Gasteiger partial charge is 0.239 e. The summed E-state index contributed by atoms with van der Waals surface area (Å²) < 4.78 is 0. The van der Waals surface area contributed by atoms with Crippen molar-refractivity contribution in [1.82, 2.24) is 9.80 Å². The molecule has 2 atom stereocenters. The number of amides is 2. The zero-order valence-electron chi connectivity index (χ0n) is 11.8. The molecule has 0 bridgehead atoms. The maximum Gasteiger partial charge on any atom is 0.239 e. The molecule has 0 aromatic rings. The summed E-state index contributed by atoms with van der Waals surface area (Å²) >= 11 is 0. The highest BCUT2D eigenvalue weighted by Crippen LogP contribution is 2.17. The number of likely N-dealkylation sites (N-methyl/N-ethyl adjacent to an activating group) is 1. The molecule has 5 heteroatoms. The molecule has 1 fully saturated rings. The van der Waals surface area contributed by atoms with Crippen molar-refractivity contribution < 1.29 is 9.59 Å². The predicted molar refractivity (Wildman–Crippen MR) is 70.9 cm³/mol. The van der Waals surface area contributed by atoms with Crippen LogP contribution in [0.1, 0.15) is 34.1 Å². The molecule has 1 aliphatic heterocycles. The molecular formula is C13H25N3O2. The molecule has 2 N–H and O–H groups in total. The summed E-state index contributed by atoms with van der Waals surface area (Å²) in [6.07, 6.45) is 0.851. The Bertz CT molecular complexity index is 317. The van der Waals surface area contributed by atoms with Gasteiger partial charge in [0.25, 0.3) is 0 Å². The highest BCUT2D eigenvalue weighted by molar-refractivity contribution is 5.82. The van der Waals surface area contributed by atoms with Crippen molar-refractivity contribution in [3.63, 3.8) is 0 Å². The molecule has 0 aromatic carbocycles. The van der Waals surface area contributed by atoms with Crippen LogP contribution in [0.15, 0.2) is 0 Å². The average molecular weight is 255 g/mol. The van der Waals surface area contributed by atoms with Crippen LogP contribution in [0.5, 0.6) is 0 Å². The Kier molecular flexibility index (Phi) is 5.14. The van der Waals surface area contributed by atoms with Crippen LogP contribution in [0, 0.1) is 5.92 Å². The number of hydrogen-bond acceptors (Lipinski definition) is 3. The second-order valence-corrected chi connectivity index (χ2v) is 5.30. The van der Waals surface area contributed by atoms with E-state index in [4.69, 9.17) is 5.73 Å². The molecule has 5 nitrogen and oxygen atoms in total. The number of rotatable bonds is 4. The van der Waals surface area contributed by atoms with Gasteiger partial charge in [-0.1, -0.05) is 13.8 Å². The van der Waals surface area contributed by atoms with Crippen molar-refractivity contribution in [1.29, 1.82) is 0 Å². The van der Waals surface area contributed by atoms with Gasteiger partial charge in [0, 0.05) is 26.6 Å². The fraction of sp³-hybridized carbons (Fsp3) is 0.846. The summed E-state index contributed by atoms with van der Waals surface area (Å²) in [7, 11) is 0. The number of nitrogens with two attached hydrogens (primary N) is 1. The van der Waals surface area contributed by atoms with Crippen molar-refractivity contribution in [2.24, 2.45) is 11.7 Å². The van der Waals surface area contributed by atoms with Gasteiger partial charge in [0.2, 0.25) is 11.8 Å². The van der Waals surface area contributed by atoms with E-state index in [0.29, 0.717) is 19.6 Å². The van der Waals surface area contributed by atoms with Crippen LogP contribution in [-0.4, -0.2) is 53.3 Å².